The lowest BCUT2D eigenvalue weighted by Gasteiger charge is -2.30. The number of likely N-dealkylation sites (tertiary alicyclic amines) is 1. The van der Waals surface area contributed by atoms with Crippen LogP contribution in [0.15, 0.2) is 35.9 Å². The van der Waals surface area contributed by atoms with Crippen LogP contribution in [0.5, 0.6) is 0 Å². The Labute approximate surface area is 104 Å². The van der Waals surface area contributed by atoms with Crippen molar-refractivity contribution in [3.63, 3.8) is 0 Å². The Hall–Kier alpha value is -1.12. The molecule has 1 heterocycles. The van der Waals surface area contributed by atoms with Gasteiger partial charge in [0.1, 0.15) is 0 Å². The molecule has 0 spiro atoms. The molecule has 1 aromatic rings. The van der Waals surface area contributed by atoms with Crippen LogP contribution in [-0.2, 0) is 0 Å². The SMILES string of the molecule is C/C(=C\c1ccccc1)CN1CCC[C@H](O)C1. The first kappa shape index (κ1) is 12.3. The van der Waals surface area contributed by atoms with Crippen LogP contribution in [-0.4, -0.2) is 35.7 Å². The van der Waals surface area contributed by atoms with Crippen molar-refractivity contribution >= 4 is 6.08 Å². The van der Waals surface area contributed by atoms with Crippen LogP contribution in [0.1, 0.15) is 25.3 Å². The molecule has 1 fully saturated rings. The second-order valence-corrected chi connectivity index (χ2v) is 4.93. The summed E-state index contributed by atoms with van der Waals surface area (Å²) in [6.45, 7) is 5.05. The molecule has 0 amide bonds. The van der Waals surface area contributed by atoms with Gasteiger partial charge >= 0.3 is 0 Å². The largest absolute Gasteiger partial charge is 0.392 e. The lowest BCUT2D eigenvalue weighted by atomic mass is 10.1. The molecule has 1 N–H and O–H groups in total. The van der Waals surface area contributed by atoms with Gasteiger partial charge in [0.05, 0.1) is 6.10 Å². The van der Waals surface area contributed by atoms with Gasteiger partial charge in [0.2, 0.25) is 0 Å². The summed E-state index contributed by atoms with van der Waals surface area (Å²) in [5.41, 5.74) is 2.60. The topological polar surface area (TPSA) is 23.5 Å². The van der Waals surface area contributed by atoms with Crippen molar-refractivity contribution in [3.05, 3.63) is 41.5 Å². The zero-order chi connectivity index (χ0) is 12.1. The van der Waals surface area contributed by atoms with E-state index in [1.165, 1.54) is 11.1 Å². The Morgan fingerprint density at radius 3 is 2.88 bits per heavy atom. The minimum absolute atomic E-state index is 0.131. The van der Waals surface area contributed by atoms with E-state index in [1.807, 2.05) is 6.07 Å². The molecule has 0 bridgehead atoms. The summed E-state index contributed by atoms with van der Waals surface area (Å²) in [4.78, 5) is 2.34. The zero-order valence-electron chi connectivity index (χ0n) is 10.5. The van der Waals surface area contributed by atoms with E-state index >= 15 is 0 Å². The molecular formula is C15H21NO. The highest BCUT2D eigenvalue weighted by Gasteiger charge is 2.17. The van der Waals surface area contributed by atoms with Crippen molar-refractivity contribution in [2.75, 3.05) is 19.6 Å². The van der Waals surface area contributed by atoms with Gasteiger partial charge < -0.3 is 5.11 Å². The molecule has 1 aliphatic rings. The molecule has 2 rings (SSSR count). The highest BCUT2D eigenvalue weighted by atomic mass is 16.3. The van der Waals surface area contributed by atoms with E-state index in [4.69, 9.17) is 0 Å². The van der Waals surface area contributed by atoms with Gasteiger partial charge in [-0.15, -0.1) is 0 Å². The number of aliphatic hydroxyl groups excluding tert-OH is 1. The Morgan fingerprint density at radius 1 is 1.41 bits per heavy atom. The van der Waals surface area contributed by atoms with Crippen LogP contribution in [0, 0.1) is 0 Å². The van der Waals surface area contributed by atoms with Crippen LogP contribution in [0.2, 0.25) is 0 Å². The van der Waals surface area contributed by atoms with Crippen molar-refractivity contribution in [2.45, 2.75) is 25.9 Å². The maximum atomic E-state index is 9.62. The summed E-state index contributed by atoms with van der Waals surface area (Å²) in [5.74, 6) is 0. The van der Waals surface area contributed by atoms with Gasteiger partial charge in [0.25, 0.3) is 0 Å². The Kier molecular flexibility index (Phi) is 4.35. The number of hydrogen-bond donors (Lipinski definition) is 1. The van der Waals surface area contributed by atoms with Crippen LogP contribution in [0.4, 0.5) is 0 Å². The van der Waals surface area contributed by atoms with Gasteiger partial charge in [-0.25, -0.2) is 0 Å². The fourth-order valence-electron chi connectivity index (χ4n) is 2.41. The summed E-state index contributed by atoms with van der Waals surface area (Å²) >= 11 is 0. The van der Waals surface area contributed by atoms with Gasteiger partial charge in [-0.2, -0.15) is 0 Å². The van der Waals surface area contributed by atoms with Crippen LogP contribution >= 0.6 is 0 Å². The summed E-state index contributed by atoms with van der Waals surface area (Å²) in [6, 6.07) is 10.4. The predicted octanol–water partition coefficient (Wildman–Crippen LogP) is 2.55. The predicted molar refractivity (Wildman–Crippen MR) is 71.8 cm³/mol. The second kappa shape index (κ2) is 5.99. The van der Waals surface area contributed by atoms with E-state index in [-0.39, 0.29) is 6.10 Å². The Bertz CT molecular complexity index is 372. The van der Waals surface area contributed by atoms with Gasteiger partial charge in [-0.05, 0) is 31.9 Å². The zero-order valence-corrected chi connectivity index (χ0v) is 10.5. The van der Waals surface area contributed by atoms with Crippen molar-refractivity contribution in [1.82, 2.24) is 4.90 Å². The summed E-state index contributed by atoms with van der Waals surface area (Å²) in [7, 11) is 0. The third kappa shape index (κ3) is 3.99. The molecule has 17 heavy (non-hydrogen) atoms. The van der Waals surface area contributed by atoms with Gasteiger partial charge in [0, 0.05) is 13.1 Å². The monoisotopic (exact) mass is 231 g/mol. The fraction of sp³-hybridized carbons (Fsp3) is 0.467. The summed E-state index contributed by atoms with van der Waals surface area (Å²) in [5, 5.41) is 9.62. The first-order chi connectivity index (χ1) is 8.24. The maximum Gasteiger partial charge on any atom is 0.0667 e. The molecule has 2 nitrogen and oxygen atoms in total. The third-order valence-corrected chi connectivity index (χ3v) is 3.17. The van der Waals surface area contributed by atoms with Crippen molar-refractivity contribution < 1.29 is 5.11 Å². The number of nitrogens with zero attached hydrogens (tertiary/aromatic N) is 1. The summed E-state index contributed by atoms with van der Waals surface area (Å²) < 4.78 is 0. The van der Waals surface area contributed by atoms with Crippen molar-refractivity contribution in [3.8, 4) is 0 Å². The molecule has 1 atom stereocenters. The average molecular weight is 231 g/mol. The van der Waals surface area contributed by atoms with E-state index in [0.29, 0.717) is 0 Å². The van der Waals surface area contributed by atoms with Crippen molar-refractivity contribution in [2.24, 2.45) is 0 Å². The molecule has 92 valence electrons. The highest BCUT2D eigenvalue weighted by molar-refractivity contribution is 5.52. The number of benzene rings is 1. The number of aliphatic hydroxyl groups is 1. The van der Waals surface area contributed by atoms with Gasteiger partial charge in [0.15, 0.2) is 0 Å². The van der Waals surface area contributed by atoms with Crippen molar-refractivity contribution in [1.29, 1.82) is 0 Å². The molecule has 0 radical (unpaired) electrons. The lowest BCUT2D eigenvalue weighted by molar-refractivity contribution is 0.0759. The second-order valence-electron chi connectivity index (χ2n) is 4.93. The fourth-order valence-corrected chi connectivity index (χ4v) is 2.41. The molecule has 1 saturated heterocycles. The molecule has 0 aromatic heterocycles. The smallest absolute Gasteiger partial charge is 0.0667 e. The van der Waals surface area contributed by atoms with Gasteiger partial charge in [-0.1, -0.05) is 42.0 Å². The molecule has 0 aliphatic carbocycles. The van der Waals surface area contributed by atoms with E-state index in [1.54, 1.807) is 0 Å². The normalized spacial score (nSPS) is 22.7. The molecule has 2 heteroatoms. The van der Waals surface area contributed by atoms with E-state index < -0.39 is 0 Å². The first-order valence-corrected chi connectivity index (χ1v) is 6.36. The standard InChI is InChI=1S/C15H21NO/c1-13(10-14-6-3-2-4-7-14)11-16-9-5-8-15(17)12-16/h2-4,6-7,10,15,17H,5,8-9,11-12H2,1H3/b13-10+/t15-/m0/s1. The quantitative estimate of drug-likeness (QED) is 0.864. The van der Waals surface area contributed by atoms with Crippen LogP contribution < -0.4 is 0 Å². The molecule has 1 aliphatic heterocycles. The molecule has 0 unspecified atom stereocenters. The number of hydrogen-bond acceptors (Lipinski definition) is 2. The lowest BCUT2D eigenvalue weighted by Crippen LogP contribution is -2.38. The highest BCUT2D eigenvalue weighted by Crippen LogP contribution is 2.13. The maximum absolute atomic E-state index is 9.62. The summed E-state index contributed by atoms with van der Waals surface area (Å²) in [6.07, 6.45) is 4.16. The Balaban J connectivity index is 1.92. The number of piperidine rings is 1. The Morgan fingerprint density at radius 2 is 2.18 bits per heavy atom. The van der Waals surface area contributed by atoms with Crippen LogP contribution in [0.25, 0.3) is 6.08 Å². The molecule has 1 aromatic carbocycles. The number of rotatable bonds is 3. The molecular weight excluding hydrogens is 210 g/mol. The van der Waals surface area contributed by atoms with E-state index in [2.05, 4.69) is 42.2 Å². The molecule has 0 saturated carbocycles. The van der Waals surface area contributed by atoms with E-state index in [9.17, 15) is 5.11 Å². The van der Waals surface area contributed by atoms with E-state index in [0.717, 1.165) is 32.5 Å². The minimum atomic E-state index is -0.131. The first-order valence-electron chi connectivity index (χ1n) is 6.36. The van der Waals surface area contributed by atoms with Gasteiger partial charge in [-0.3, -0.25) is 4.90 Å². The van der Waals surface area contributed by atoms with Crippen LogP contribution in [0.3, 0.4) is 0 Å². The average Bonchev–Trinajstić information content (AvgIpc) is 2.30. The number of β-amino-alcohol motifs (C(OH)–C–C–N with tert-alkyl or cyclic N) is 1. The minimum Gasteiger partial charge on any atom is -0.392 e. The third-order valence-electron chi connectivity index (χ3n) is 3.17.